The summed E-state index contributed by atoms with van der Waals surface area (Å²) in [5.74, 6) is -0.248. The summed E-state index contributed by atoms with van der Waals surface area (Å²) in [6, 6.07) is 12.6. The first-order valence-corrected chi connectivity index (χ1v) is 7.17. The predicted molar refractivity (Wildman–Crippen MR) is 77.3 cm³/mol. The highest BCUT2D eigenvalue weighted by atomic mass is 79.9. The lowest BCUT2D eigenvalue weighted by molar-refractivity contribution is 0.585. The van der Waals surface area contributed by atoms with Gasteiger partial charge in [0.05, 0.1) is 0 Å². The van der Waals surface area contributed by atoms with E-state index < -0.39 is 0 Å². The van der Waals surface area contributed by atoms with Crippen molar-refractivity contribution in [1.29, 1.82) is 0 Å². The average Bonchev–Trinajstić information content (AvgIpc) is 2.31. The monoisotopic (exact) mass is 325 g/mol. The molecule has 0 amide bonds. The van der Waals surface area contributed by atoms with Gasteiger partial charge in [-0.25, -0.2) is 4.39 Å². The number of benzene rings is 2. The summed E-state index contributed by atoms with van der Waals surface area (Å²) in [6.07, 6.45) is 0. The fraction of sp³-hybridized carbons (Fsp3) is 0.143. The lowest BCUT2D eigenvalue weighted by Crippen LogP contribution is -2.08. The van der Waals surface area contributed by atoms with E-state index in [1.165, 1.54) is 17.8 Å². The first kappa shape index (κ1) is 13.6. The zero-order chi connectivity index (χ0) is 13.1. The van der Waals surface area contributed by atoms with Crippen molar-refractivity contribution in [3.8, 4) is 0 Å². The maximum atomic E-state index is 13.8. The Hall–Kier alpha value is -0.840. The standard InChI is InChI=1S/C14H13BrFNS/c1-9(17)14-11(16)6-4-8-13(14)18-12-7-3-2-5-10(12)15/h2-9H,17H2,1H3/t9-/m1/s1. The van der Waals surface area contributed by atoms with Gasteiger partial charge in [-0.15, -0.1) is 0 Å². The highest BCUT2D eigenvalue weighted by Gasteiger charge is 2.14. The zero-order valence-corrected chi connectivity index (χ0v) is 12.3. The Morgan fingerprint density at radius 2 is 1.78 bits per heavy atom. The van der Waals surface area contributed by atoms with Gasteiger partial charge >= 0.3 is 0 Å². The predicted octanol–water partition coefficient (Wildman–Crippen LogP) is 4.76. The Morgan fingerprint density at radius 1 is 1.11 bits per heavy atom. The zero-order valence-electron chi connectivity index (χ0n) is 9.86. The fourth-order valence-electron chi connectivity index (χ4n) is 1.69. The molecule has 4 heteroatoms. The summed E-state index contributed by atoms with van der Waals surface area (Å²) in [6.45, 7) is 1.79. The van der Waals surface area contributed by atoms with Gasteiger partial charge in [0.15, 0.2) is 0 Å². The van der Waals surface area contributed by atoms with Gasteiger partial charge < -0.3 is 5.73 Å². The van der Waals surface area contributed by atoms with Crippen LogP contribution in [0.25, 0.3) is 0 Å². The molecule has 0 fully saturated rings. The van der Waals surface area contributed by atoms with Crippen LogP contribution in [-0.2, 0) is 0 Å². The molecule has 0 saturated carbocycles. The van der Waals surface area contributed by atoms with Crippen LogP contribution in [0.4, 0.5) is 4.39 Å². The number of rotatable bonds is 3. The lowest BCUT2D eigenvalue weighted by Gasteiger charge is -2.13. The first-order valence-electron chi connectivity index (χ1n) is 5.56. The Morgan fingerprint density at radius 3 is 2.44 bits per heavy atom. The van der Waals surface area contributed by atoms with E-state index in [9.17, 15) is 4.39 Å². The van der Waals surface area contributed by atoms with Gasteiger partial charge in [-0.3, -0.25) is 0 Å². The molecule has 1 nitrogen and oxygen atoms in total. The molecular formula is C14H13BrFNS. The van der Waals surface area contributed by atoms with E-state index in [1.54, 1.807) is 13.0 Å². The van der Waals surface area contributed by atoms with Crippen LogP contribution < -0.4 is 5.73 Å². The molecule has 2 N–H and O–H groups in total. The molecule has 0 heterocycles. The highest BCUT2D eigenvalue weighted by molar-refractivity contribution is 9.10. The third kappa shape index (κ3) is 2.94. The van der Waals surface area contributed by atoms with E-state index in [-0.39, 0.29) is 11.9 Å². The van der Waals surface area contributed by atoms with Gasteiger partial charge in [-0.2, -0.15) is 0 Å². The molecular weight excluding hydrogens is 313 g/mol. The number of halogens is 2. The molecule has 0 unspecified atom stereocenters. The smallest absolute Gasteiger partial charge is 0.129 e. The van der Waals surface area contributed by atoms with Gasteiger partial charge in [-0.1, -0.05) is 30.0 Å². The van der Waals surface area contributed by atoms with Crippen molar-refractivity contribution < 1.29 is 4.39 Å². The molecule has 18 heavy (non-hydrogen) atoms. The van der Waals surface area contributed by atoms with Crippen LogP contribution in [-0.4, -0.2) is 0 Å². The van der Waals surface area contributed by atoms with E-state index in [0.717, 1.165) is 14.3 Å². The molecule has 0 aromatic heterocycles. The topological polar surface area (TPSA) is 26.0 Å². The summed E-state index contributed by atoms with van der Waals surface area (Å²) >= 11 is 5.00. The Kier molecular flexibility index (Phi) is 4.43. The summed E-state index contributed by atoms with van der Waals surface area (Å²) in [5.41, 5.74) is 6.41. The first-order chi connectivity index (χ1) is 8.59. The van der Waals surface area contributed by atoms with Gasteiger partial charge in [0.1, 0.15) is 5.82 Å². The van der Waals surface area contributed by atoms with E-state index in [4.69, 9.17) is 5.73 Å². The second-order valence-corrected chi connectivity index (χ2v) is 5.91. The van der Waals surface area contributed by atoms with Crippen LogP contribution in [0.15, 0.2) is 56.7 Å². The summed E-state index contributed by atoms with van der Waals surface area (Å²) in [7, 11) is 0. The normalized spacial score (nSPS) is 12.4. The second kappa shape index (κ2) is 5.87. The summed E-state index contributed by atoms with van der Waals surface area (Å²) in [4.78, 5) is 1.90. The molecule has 2 aromatic rings. The third-order valence-electron chi connectivity index (χ3n) is 2.52. The molecule has 2 rings (SSSR count). The lowest BCUT2D eigenvalue weighted by atomic mass is 10.1. The maximum absolute atomic E-state index is 13.8. The molecule has 2 aromatic carbocycles. The van der Waals surface area contributed by atoms with E-state index in [0.29, 0.717) is 5.56 Å². The molecule has 0 aliphatic heterocycles. The molecule has 0 radical (unpaired) electrons. The van der Waals surface area contributed by atoms with Crippen molar-refractivity contribution in [1.82, 2.24) is 0 Å². The van der Waals surface area contributed by atoms with Crippen molar-refractivity contribution in [2.75, 3.05) is 0 Å². The number of nitrogens with two attached hydrogens (primary N) is 1. The minimum Gasteiger partial charge on any atom is -0.324 e. The van der Waals surface area contributed by atoms with E-state index >= 15 is 0 Å². The maximum Gasteiger partial charge on any atom is 0.129 e. The SMILES string of the molecule is C[C@@H](N)c1c(F)cccc1Sc1ccccc1Br. The highest BCUT2D eigenvalue weighted by Crippen LogP contribution is 2.37. The Balaban J connectivity index is 2.41. The van der Waals surface area contributed by atoms with Crippen LogP contribution in [0.2, 0.25) is 0 Å². The van der Waals surface area contributed by atoms with Crippen molar-refractivity contribution in [3.05, 3.63) is 58.3 Å². The van der Waals surface area contributed by atoms with Crippen molar-refractivity contribution in [3.63, 3.8) is 0 Å². The quantitative estimate of drug-likeness (QED) is 0.880. The third-order valence-corrected chi connectivity index (χ3v) is 4.63. The molecule has 0 aliphatic rings. The van der Waals surface area contributed by atoms with Gasteiger partial charge in [0, 0.05) is 25.9 Å². The average molecular weight is 326 g/mol. The molecule has 0 spiro atoms. The van der Waals surface area contributed by atoms with Crippen molar-refractivity contribution in [2.45, 2.75) is 22.8 Å². The summed E-state index contributed by atoms with van der Waals surface area (Å²) in [5, 5.41) is 0. The minimum atomic E-state index is -0.323. The van der Waals surface area contributed by atoms with Crippen LogP contribution >= 0.6 is 27.7 Å². The molecule has 0 aliphatic carbocycles. The molecule has 94 valence electrons. The van der Waals surface area contributed by atoms with Crippen LogP contribution in [0.5, 0.6) is 0 Å². The number of hydrogen-bond donors (Lipinski definition) is 1. The minimum absolute atomic E-state index is 0.248. The van der Waals surface area contributed by atoms with Gasteiger partial charge in [0.25, 0.3) is 0 Å². The molecule has 0 saturated heterocycles. The van der Waals surface area contributed by atoms with E-state index in [2.05, 4.69) is 15.9 Å². The molecule has 1 atom stereocenters. The van der Waals surface area contributed by atoms with Gasteiger partial charge in [-0.05, 0) is 47.1 Å². The largest absolute Gasteiger partial charge is 0.324 e. The van der Waals surface area contributed by atoms with Crippen LogP contribution in [0, 0.1) is 5.82 Å². The van der Waals surface area contributed by atoms with Crippen LogP contribution in [0.3, 0.4) is 0 Å². The van der Waals surface area contributed by atoms with Crippen LogP contribution in [0.1, 0.15) is 18.5 Å². The van der Waals surface area contributed by atoms with E-state index in [1.807, 2.05) is 30.3 Å². The Labute approximate surface area is 119 Å². The fourth-order valence-corrected chi connectivity index (χ4v) is 3.31. The van der Waals surface area contributed by atoms with Gasteiger partial charge in [0.2, 0.25) is 0 Å². The number of hydrogen-bond acceptors (Lipinski definition) is 2. The van der Waals surface area contributed by atoms with Crippen molar-refractivity contribution in [2.24, 2.45) is 5.73 Å². The second-order valence-electron chi connectivity index (χ2n) is 3.97. The van der Waals surface area contributed by atoms with Crippen molar-refractivity contribution >= 4 is 27.7 Å². The molecule has 0 bridgehead atoms. The summed E-state index contributed by atoms with van der Waals surface area (Å²) < 4.78 is 14.8. The Bertz CT molecular complexity index is 557.